The Balaban J connectivity index is 1.76. The highest BCUT2D eigenvalue weighted by atomic mass is 16.7. The molecule has 0 spiro atoms. The number of methoxy groups -OCH3 is 3. The van der Waals surface area contributed by atoms with Crippen LogP contribution in [0.1, 0.15) is 30.5 Å². The van der Waals surface area contributed by atoms with Gasteiger partial charge in [0.1, 0.15) is 5.41 Å². The number of carbonyl (C=O) groups excluding carboxylic acids is 1. The first-order valence-electron chi connectivity index (χ1n) is 10.1. The van der Waals surface area contributed by atoms with Gasteiger partial charge in [-0.25, -0.2) is 0 Å². The van der Waals surface area contributed by atoms with E-state index in [1.807, 2.05) is 6.07 Å². The SMILES string of the molecule is COC(=O)[C@]12C[C@H]3CN(CCCc4c1[nH]c1ccccc41)C2CC3(OC)OC. The normalized spacial score (nSPS) is 33.2. The zero-order chi connectivity index (χ0) is 19.5. The van der Waals surface area contributed by atoms with Crippen molar-refractivity contribution in [1.29, 1.82) is 0 Å². The van der Waals surface area contributed by atoms with Gasteiger partial charge in [0, 0.05) is 55.7 Å². The lowest BCUT2D eigenvalue weighted by molar-refractivity contribution is -0.297. The molecule has 4 atom stereocenters. The first kappa shape index (κ1) is 18.2. The van der Waals surface area contributed by atoms with E-state index in [0.717, 1.165) is 37.1 Å². The lowest BCUT2D eigenvalue weighted by atomic mass is 9.57. The number of esters is 1. The van der Waals surface area contributed by atoms with Gasteiger partial charge in [-0.1, -0.05) is 18.2 Å². The Morgan fingerprint density at radius 3 is 2.68 bits per heavy atom. The third kappa shape index (κ3) is 2.17. The largest absolute Gasteiger partial charge is 0.468 e. The van der Waals surface area contributed by atoms with Crippen LogP contribution in [-0.4, -0.2) is 62.1 Å². The Labute approximate surface area is 165 Å². The van der Waals surface area contributed by atoms with Crippen molar-refractivity contribution in [3.05, 3.63) is 35.5 Å². The quantitative estimate of drug-likeness (QED) is 0.651. The van der Waals surface area contributed by atoms with Crippen LogP contribution in [0.5, 0.6) is 0 Å². The molecule has 3 aliphatic heterocycles. The molecule has 6 nitrogen and oxygen atoms in total. The van der Waals surface area contributed by atoms with E-state index in [9.17, 15) is 4.79 Å². The third-order valence-electron chi connectivity index (χ3n) is 7.51. The van der Waals surface area contributed by atoms with Crippen LogP contribution in [0.2, 0.25) is 0 Å². The van der Waals surface area contributed by atoms with Crippen LogP contribution in [0.25, 0.3) is 10.9 Å². The molecule has 4 heterocycles. The number of aryl methyl sites for hydroxylation is 1. The van der Waals surface area contributed by atoms with Gasteiger partial charge in [-0.3, -0.25) is 9.69 Å². The fourth-order valence-electron chi connectivity index (χ4n) is 6.25. The highest BCUT2D eigenvalue weighted by Crippen LogP contribution is 2.56. The zero-order valence-electron chi connectivity index (χ0n) is 16.8. The molecule has 1 aromatic heterocycles. The molecule has 4 aliphatic rings. The standard InChI is InChI=1S/C22H28N2O4/c1-26-20(25)21-11-14-13-24(18(21)12-22(14,27-2)28-3)10-6-8-16-15-7-4-5-9-17(15)23-19(16)21/h4-5,7,9,14,18,23H,6,8,10-13H2,1-3H3/t14-,18?,21-/m0/s1. The van der Waals surface area contributed by atoms with Gasteiger partial charge in [0.25, 0.3) is 0 Å². The number of nitrogens with zero attached hydrogens (tertiary/aromatic N) is 1. The molecule has 1 N–H and O–H groups in total. The van der Waals surface area contributed by atoms with E-state index < -0.39 is 11.2 Å². The number of nitrogens with one attached hydrogen (secondary N) is 1. The third-order valence-corrected chi connectivity index (χ3v) is 7.51. The van der Waals surface area contributed by atoms with Crippen LogP contribution in [0, 0.1) is 5.92 Å². The lowest BCUT2D eigenvalue weighted by Gasteiger charge is -2.61. The molecule has 150 valence electrons. The topological polar surface area (TPSA) is 63.8 Å². The minimum atomic E-state index is -0.715. The number of hydrogen-bond donors (Lipinski definition) is 1. The molecule has 2 aromatic rings. The fourth-order valence-corrected chi connectivity index (χ4v) is 6.25. The van der Waals surface area contributed by atoms with Gasteiger partial charge in [-0.05, 0) is 37.4 Å². The number of rotatable bonds is 3. The number of piperidine rings is 2. The van der Waals surface area contributed by atoms with Gasteiger partial charge in [0.15, 0.2) is 5.79 Å². The number of hydrogen-bond acceptors (Lipinski definition) is 5. The van der Waals surface area contributed by atoms with Crippen molar-refractivity contribution >= 4 is 16.9 Å². The van der Waals surface area contributed by atoms with Crippen LogP contribution < -0.4 is 0 Å². The molecule has 0 radical (unpaired) electrons. The molecule has 0 amide bonds. The van der Waals surface area contributed by atoms with E-state index in [0.29, 0.717) is 12.8 Å². The minimum Gasteiger partial charge on any atom is -0.468 e. The summed E-state index contributed by atoms with van der Waals surface area (Å²) in [6.07, 6.45) is 3.37. The number of fused-ring (bicyclic) bond motifs is 4. The van der Waals surface area contributed by atoms with Crippen molar-refractivity contribution in [2.75, 3.05) is 34.4 Å². The van der Waals surface area contributed by atoms with Gasteiger partial charge in [-0.15, -0.1) is 0 Å². The Morgan fingerprint density at radius 2 is 1.96 bits per heavy atom. The lowest BCUT2D eigenvalue weighted by Crippen LogP contribution is -2.72. The molecule has 2 saturated heterocycles. The first-order chi connectivity index (χ1) is 13.6. The van der Waals surface area contributed by atoms with Gasteiger partial charge >= 0.3 is 5.97 Å². The van der Waals surface area contributed by atoms with E-state index in [-0.39, 0.29) is 17.9 Å². The number of aromatic nitrogens is 1. The monoisotopic (exact) mass is 384 g/mol. The summed E-state index contributed by atoms with van der Waals surface area (Å²) in [5, 5.41) is 1.22. The number of benzene rings is 1. The smallest absolute Gasteiger partial charge is 0.319 e. The first-order valence-corrected chi connectivity index (χ1v) is 10.1. The molecule has 6 heteroatoms. The van der Waals surface area contributed by atoms with Gasteiger partial charge in [0.2, 0.25) is 0 Å². The second-order valence-corrected chi connectivity index (χ2v) is 8.43. The summed E-state index contributed by atoms with van der Waals surface area (Å²) < 4.78 is 17.2. The van der Waals surface area contributed by atoms with Crippen LogP contribution in [-0.2, 0) is 30.8 Å². The maximum absolute atomic E-state index is 13.4. The number of para-hydroxylation sites is 1. The molecule has 1 aliphatic carbocycles. The van der Waals surface area contributed by atoms with Crippen LogP contribution >= 0.6 is 0 Å². The molecule has 4 bridgehead atoms. The maximum atomic E-state index is 13.4. The van der Waals surface area contributed by atoms with E-state index >= 15 is 0 Å². The number of H-pyrrole nitrogens is 1. The summed E-state index contributed by atoms with van der Waals surface area (Å²) in [6, 6.07) is 8.35. The molecule has 1 aromatic carbocycles. The van der Waals surface area contributed by atoms with Crippen LogP contribution in [0.15, 0.2) is 24.3 Å². The molecule has 3 fully saturated rings. The van der Waals surface area contributed by atoms with Crippen molar-refractivity contribution in [2.24, 2.45) is 5.92 Å². The van der Waals surface area contributed by atoms with Crippen molar-refractivity contribution in [3.63, 3.8) is 0 Å². The average molecular weight is 384 g/mol. The summed E-state index contributed by atoms with van der Waals surface area (Å²) in [6.45, 7) is 1.86. The van der Waals surface area contributed by atoms with Crippen LogP contribution in [0.4, 0.5) is 0 Å². The molecule has 1 saturated carbocycles. The van der Waals surface area contributed by atoms with Crippen molar-refractivity contribution in [1.82, 2.24) is 9.88 Å². The van der Waals surface area contributed by atoms with E-state index in [2.05, 4.69) is 28.1 Å². The summed E-state index contributed by atoms with van der Waals surface area (Å²) in [5.74, 6) is -0.684. The summed E-state index contributed by atoms with van der Waals surface area (Å²) in [5.41, 5.74) is 2.69. The maximum Gasteiger partial charge on any atom is 0.319 e. The van der Waals surface area contributed by atoms with Gasteiger partial charge in [-0.2, -0.15) is 0 Å². The zero-order valence-corrected chi connectivity index (χ0v) is 16.8. The second-order valence-electron chi connectivity index (χ2n) is 8.43. The summed E-state index contributed by atoms with van der Waals surface area (Å²) in [4.78, 5) is 19.5. The van der Waals surface area contributed by atoms with Crippen LogP contribution in [0.3, 0.4) is 0 Å². The molecular weight excluding hydrogens is 356 g/mol. The number of aromatic amines is 1. The predicted octanol–water partition coefficient (Wildman–Crippen LogP) is 2.61. The highest BCUT2D eigenvalue weighted by molar-refractivity contribution is 5.91. The Hall–Kier alpha value is -1.89. The molecule has 28 heavy (non-hydrogen) atoms. The van der Waals surface area contributed by atoms with E-state index in [1.165, 1.54) is 18.1 Å². The summed E-state index contributed by atoms with van der Waals surface area (Å²) >= 11 is 0. The molecular formula is C22H28N2O4. The highest BCUT2D eigenvalue weighted by Gasteiger charge is 2.66. The Kier molecular flexibility index (Phi) is 4.09. The predicted molar refractivity (Wildman–Crippen MR) is 105 cm³/mol. The molecule has 2 unspecified atom stereocenters. The Bertz CT molecular complexity index is 918. The van der Waals surface area contributed by atoms with Crippen molar-refractivity contribution in [3.8, 4) is 0 Å². The summed E-state index contributed by atoms with van der Waals surface area (Å²) in [7, 11) is 4.94. The van der Waals surface area contributed by atoms with Crippen molar-refractivity contribution in [2.45, 2.75) is 42.9 Å². The van der Waals surface area contributed by atoms with E-state index in [1.54, 1.807) is 14.2 Å². The fraction of sp³-hybridized carbons (Fsp3) is 0.591. The number of carbonyl (C=O) groups is 1. The number of ether oxygens (including phenoxy) is 3. The average Bonchev–Trinajstić information content (AvgIpc) is 3.11. The molecule has 6 rings (SSSR count). The van der Waals surface area contributed by atoms with Gasteiger partial charge < -0.3 is 19.2 Å². The van der Waals surface area contributed by atoms with E-state index in [4.69, 9.17) is 14.2 Å². The van der Waals surface area contributed by atoms with Crippen molar-refractivity contribution < 1.29 is 19.0 Å². The Morgan fingerprint density at radius 1 is 1.18 bits per heavy atom. The van der Waals surface area contributed by atoms with Gasteiger partial charge in [0.05, 0.1) is 7.11 Å². The second kappa shape index (κ2) is 6.31. The minimum absolute atomic E-state index is 0.0167.